The van der Waals surface area contributed by atoms with Crippen molar-refractivity contribution in [3.05, 3.63) is 35.4 Å². The van der Waals surface area contributed by atoms with Crippen LogP contribution in [0.25, 0.3) is 0 Å². The van der Waals surface area contributed by atoms with Gasteiger partial charge in [-0.3, -0.25) is 14.4 Å². The Morgan fingerprint density at radius 1 is 1.11 bits per heavy atom. The summed E-state index contributed by atoms with van der Waals surface area (Å²) in [5.41, 5.74) is 1.46. The second-order valence-electron chi connectivity index (χ2n) is 8.42. The Kier molecular flexibility index (Phi) is 6.37. The molecule has 6 nitrogen and oxygen atoms in total. The smallest absolute Gasteiger partial charge is 0.252 e. The highest BCUT2D eigenvalue weighted by atomic mass is 16.2. The van der Waals surface area contributed by atoms with Crippen LogP contribution in [0.15, 0.2) is 24.3 Å². The van der Waals surface area contributed by atoms with Gasteiger partial charge < -0.3 is 15.5 Å². The number of piperidine rings is 1. The second-order valence-corrected chi connectivity index (χ2v) is 8.42. The maximum atomic E-state index is 13.2. The molecule has 0 spiro atoms. The zero-order valence-corrected chi connectivity index (χ0v) is 17.0. The Labute approximate surface area is 167 Å². The van der Waals surface area contributed by atoms with Crippen LogP contribution in [0.2, 0.25) is 0 Å². The van der Waals surface area contributed by atoms with E-state index in [2.05, 4.69) is 10.6 Å². The largest absolute Gasteiger partial charge is 0.353 e. The topological polar surface area (TPSA) is 78.5 Å². The fraction of sp³-hybridized carbons (Fsp3) is 0.591. The maximum absolute atomic E-state index is 13.2. The summed E-state index contributed by atoms with van der Waals surface area (Å²) in [6.07, 6.45) is 3.73. The Morgan fingerprint density at radius 3 is 2.46 bits per heavy atom. The van der Waals surface area contributed by atoms with Gasteiger partial charge >= 0.3 is 0 Å². The quantitative estimate of drug-likeness (QED) is 0.788. The van der Waals surface area contributed by atoms with E-state index in [1.165, 1.54) is 0 Å². The molecule has 1 aliphatic heterocycles. The summed E-state index contributed by atoms with van der Waals surface area (Å²) in [4.78, 5) is 40.1. The summed E-state index contributed by atoms with van der Waals surface area (Å²) in [6.45, 7) is 6.81. The summed E-state index contributed by atoms with van der Waals surface area (Å²) in [5, 5.41) is 5.97. The molecule has 28 heavy (non-hydrogen) atoms. The molecule has 3 amide bonds. The lowest BCUT2D eigenvalue weighted by Gasteiger charge is -2.35. The highest BCUT2D eigenvalue weighted by Crippen LogP contribution is 2.23. The van der Waals surface area contributed by atoms with E-state index in [-0.39, 0.29) is 29.6 Å². The predicted octanol–water partition coefficient (Wildman–Crippen LogP) is 2.27. The van der Waals surface area contributed by atoms with Crippen LogP contribution in [0.5, 0.6) is 0 Å². The number of amides is 3. The molecule has 6 heteroatoms. The van der Waals surface area contributed by atoms with Gasteiger partial charge in [0.2, 0.25) is 11.8 Å². The first-order chi connectivity index (χ1) is 13.4. The average molecular weight is 386 g/mol. The number of rotatable bonds is 6. The summed E-state index contributed by atoms with van der Waals surface area (Å²) >= 11 is 0. The van der Waals surface area contributed by atoms with Crippen molar-refractivity contribution in [2.45, 2.75) is 58.5 Å². The molecule has 1 aliphatic carbocycles. The first-order valence-corrected chi connectivity index (χ1v) is 10.3. The number of aryl methyl sites for hydroxylation is 1. The lowest BCUT2D eigenvalue weighted by atomic mass is 9.94. The highest BCUT2D eigenvalue weighted by Gasteiger charge is 2.35. The SMILES string of the molecule is Cc1ccccc1C(=O)NC(C(=O)N1CCCC(C(=O)NC2CC2)C1)C(C)C. The number of likely N-dealkylation sites (tertiary alicyclic amines) is 1. The molecular weight excluding hydrogens is 354 g/mol. The summed E-state index contributed by atoms with van der Waals surface area (Å²) in [7, 11) is 0. The molecular formula is C22H31N3O3. The molecule has 1 saturated heterocycles. The van der Waals surface area contributed by atoms with Gasteiger partial charge in [-0.2, -0.15) is 0 Å². The zero-order chi connectivity index (χ0) is 20.3. The Hall–Kier alpha value is -2.37. The van der Waals surface area contributed by atoms with Gasteiger partial charge in [0, 0.05) is 24.7 Å². The van der Waals surface area contributed by atoms with Crippen molar-refractivity contribution in [3.63, 3.8) is 0 Å². The molecule has 0 aromatic heterocycles. The fourth-order valence-corrected chi connectivity index (χ4v) is 3.69. The fourth-order valence-electron chi connectivity index (χ4n) is 3.69. The van der Waals surface area contributed by atoms with Crippen molar-refractivity contribution in [2.24, 2.45) is 11.8 Å². The van der Waals surface area contributed by atoms with Crippen LogP contribution in [0.3, 0.4) is 0 Å². The van der Waals surface area contributed by atoms with E-state index < -0.39 is 6.04 Å². The van der Waals surface area contributed by atoms with Crippen LogP contribution in [-0.2, 0) is 9.59 Å². The van der Waals surface area contributed by atoms with Crippen molar-refractivity contribution < 1.29 is 14.4 Å². The van der Waals surface area contributed by atoms with Gasteiger partial charge in [-0.25, -0.2) is 0 Å². The van der Waals surface area contributed by atoms with E-state index >= 15 is 0 Å². The third-order valence-corrected chi connectivity index (χ3v) is 5.64. The summed E-state index contributed by atoms with van der Waals surface area (Å²) in [5.74, 6) is -0.463. The molecule has 2 atom stereocenters. The Balaban J connectivity index is 1.65. The van der Waals surface area contributed by atoms with Gasteiger partial charge in [-0.15, -0.1) is 0 Å². The number of carbonyl (C=O) groups excluding carboxylic acids is 3. The minimum Gasteiger partial charge on any atom is -0.353 e. The van der Waals surface area contributed by atoms with Gasteiger partial charge in [-0.05, 0) is 50.2 Å². The Bertz CT molecular complexity index is 742. The van der Waals surface area contributed by atoms with Gasteiger partial charge in [0.15, 0.2) is 0 Å². The van der Waals surface area contributed by atoms with Gasteiger partial charge in [0.25, 0.3) is 5.91 Å². The van der Waals surface area contributed by atoms with Crippen LogP contribution in [0.1, 0.15) is 55.5 Å². The number of carbonyl (C=O) groups is 3. The van der Waals surface area contributed by atoms with Crippen molar-refractivity contribution in [1.29, 1.82) is 0 Å². The minimum atomic E-state index is -0.600. The molecule has 2 aliphatic rings. The first kappa shape index (κ1) is 20.4. The van der Waals surface area contributed by atoms with Crippen molar-refractivity contribution in [3.8, 4) is 0 Å². The lowest BCUT2D eigenvalue weighted by Crippen LogP contribution is -2.54. The molecule has 2 unspecified atom stereocenters. The molecule has 152 valence electrons. The number of benzene rings is 1. The van der Waals surface area contributed by atoms with Crippen LogP contribution in [-0.4, -0.2) is 47.8 Å². The van der Waals surface area contributed by atoms with Crippen LogP contribution in [0.4, 0.5) is 0 Å². The summed E-state index contributed by atoms with van der Waals surface area (Å²) in [6, 6.07) is 7.09. The zero-order valence-electron chi connectivity index (χ0n) is 17.0. The van der Waals surface area contributed by atoms with Crippen molar-refractivity contribution in [2.75, 3.05) is 13.1 Å². The van der Waals surface area contributed by atoms with Crippen LogP contribution in [0, 0.1) is 18.8 Å². The molecule has 3 rings (SSSR count). The first-order valence-electron chi connectivity index (χ1n) is 10.3. The molecule has 1 saturated carbocycles. The molecule has 1 aromatic rings. The van der Waals surface area contributed by atoms with E-state index in [9.17, 15) is 14.4 Å². The van der Waals surface area contributed by atoms with E-state index in [1.54, 1.807) is 11.0 Å². The highest BCUT2D eigenvalue weighted by molar-refractivity contribution is 5.98. The van der Waals surface area contributed by atoms with Crippen LogP contribution < -0.4 is 10.6 Å². The normalized spacial score (nSPS) is 20.6. The number of nitrogens with one attached hydrogen (secondary N) is 2. The standard InChI is InChI=1S/C22H31N3O3/c1-14(2)19(24-21(27)18-9-5-4-7-15(18)3)22(28)25-12-6-8-16(13-25)20(26)23-17-10-11-17/h4-5,7,9,14,16-17,19H,6,8,10-13H2,1-3H3,(H,23,26)(H,24,27). The number of hydrogen-bond donors (Lipinski definition) is 2. The number of nitrogens with zero attached hydrogens (tertiary/aromatic N) is 1. The van der Waals surface area contributed by atoms with Crippen LogP contribution >= 0.6 is 0 Å². The van der Waals surface area contributed by atoms with E-state index in [0.717, 1.165) is 31.2 Å². The molecule has 2 N–H and O–H groups in total. The van der Waals surface area contributed by atoms with Gasteiger partial charge in [0.05, 0.1) is 5.92 Å². The predicted molar refractivity (Wildman–Crippen MR) is 108 cm³/mol. The van der Waals surface area contributed by atoms with E-state index in [4.69, 9.17) is 0 Å². The average Bonchev–Trinajstić information content (AvgIpc) is 3.49. The second kappa shape index (κ2) is 8.76. The molecule has 0 radical (unpaired) electrons. The summed E-state index contributed by atoms with van der Waals surface area (Å²) < 4.78 is 0. The molecule has 2 fully saturated rings. The lowest BCUT2D eigenvalue weighted by molar-refractivity contribution is -0.138. The van der Waals surface area contributed by atoms with Gasteiger partial charge in [0.1, 0.15) is 6.04 Å². The Morgan fingerprint density at radius 2 is 1.82 bits per heavy atom. The van der Waals surface area contributed by atoms with Crippen molar-refractivity contribution in [1.82, 2.24) is 15.5 Å². The van der Waals surface area contributed by atoms with Crippen molar-refractivity contribution >= 4 is 17.7 Å². The maximum Gasteiger partial charge on any atom is 0.252 e. The third-order valence-electron chi connectivity index (χ3n) is 5.64. The molecule has 0 bridgehead atoms. The van der Waals surface area contributed by atoms with E-state index in [0.29, 0.717) is 24.7 Å². The third kappa shape index (κ3) is 4.91. The van der Waals surface area contributed by atoms with Gasteiger partial charge in [-0.1, -0.05) is 32.0 Å². The number of hydrogen-bond acceptors (Lipinski definition) is 3. The minimum absolute atomic E-state index is 0.0406. The van der Waals surface area contributed by atoms with E-state index in [1.807, 2.05) is 39.0 Å². The monoisotopic (exact) mass is 385 g/mol. The molecule has 1 aromatic carbocycles. The molecule has 1 heterocycles.